The van der Waals surface area contributed by atoms with Crippen molar-refractivity contribution in [3.63, 3.8) is 0 Å². The monoisotopic (exact) mass is 202 g/mol. The van der Waals surface area contributed by atoms with Crippen LogP contribution in [0.25, 0.3) is 0 Å². The minimum absolute atomic E-state index is 0.151. The summed E-state index contributed by atoms with van der Waals surface area (Å²) in [6.45, 7) is 2.10. The van der Waals surface area contributed by atoms with Crippen molar-refractivity contribution in [2.24, 2.45) is 5.84 Å². The number of nitrogens with two attached hydrogens (primary N) is 1. The summed E-state index contributed by atoms with van der Waals surface area (Å²) in [5.41, 5.74) is 2.59. The molecule has 1 aromatic rings. The number of ether oxygens (including phenoxy) is 1. The third-order valence-electron chi connectivity index (χ3n) is 1.71. The Bertz CT molecular complexity index is 305. The molecular formula is C9H12F2N2O. The molecule has 0 aliphatic carbocycles. The van der Waals surface area contributed by atoms with Gasteiger partial charge in [-0.1, -0.05) is 0 Å². The predicted octanol–water partition coefficient (Wildman–Crippen LogP) is 2.31. The fourth-order valence-electron chi connectivity index (χ4n) is 1.10. The van der Waals surface area contributed by atoms with Gasteiger partial charge in [0.1, 0.15) is 5.75 Å². The molecule has 0 radical (unpaired) electrons. The summed E-state index contributed by atoms with van der Waals surface area (Å²) in [5, 5.41) is 0. The van der Waals surface area contributed by atoms with E-state index in [1.807, 2.05) is 0 Å². The van der Waals surface area contributed by atoms with Crippen LogP contribution in [0.5, 0.6) is 5.75 Å². The quantitative estimate of drug-likeness (QED) is 0.581. The van der Waals surface area contributed by atoms with Gasteiger partial charge < -0.3 is 10.2 Å². The summed E-state index contributed by atoms with van der Waals surface area (Å²) in [4.78, 5) is 0. The maximum atomic E-state index is 12.5. The number of hydrazine groups is 1. The van der Waals surface area contributed by atoms with Crippen molar-refractivity contribution in [1.82, 2.24) is 0 Å². The van der Waals surface area contributed by atoms with Crippen molar-refractivity contribution < 1.29 is 13.5 Å². The van der Waals surface area contributed by atoms with Crippen LogP contribution in [0.4, 0.5) is 14.5 Å². The molecule has 1 rings (SSSR count). The van der Waals surface area contributed by atoms with Crippen LogP contribution in [0.2, 0.25) is 0 Å². The maximum Gasteiger partial charge on any atom is 0.267 e. The second kappa shape index (κ2) is 4.76. The zero-order chi connectivity index (χ0) is 10.6. The predicted molar refractivity (Wildman–Crippen MR) is 50.4 cm³/mol. The molecule has 0 fully saturated rings. The van der Waals surface area contributed by atoms with Gasteiger partial charge in [0.15, 0.2) is 0 Å². The number of alkyl halides is 2. The van der Waals surface area contributed by atoms with Gasteiger partial charge in [-0.2, -0.15) is 0 Å². The molecule has 0 spiro atoms. The van der Waals surface area contributed by atoms with Crippen LogP contribution in [0, 0.1) is 0 Å². The molecule has 5 heteroatoms. The largest absolute Gasteiger partial charge is 0.493 e. The van der Waals surface area contributed by atoms with E-state index >= 15 is 0 Å². The number of rotatable bonds is 4. The van der Waals surface area contributed by atoms with E-state index in [0.717, 1.165) is 0 Å². The number of nitrogen functional groups attached to an aromatic ring is 1. The van der Waals surface area contributed by atoms with Crippen LogP contribution >= 0.6 is 0 Å². The molecule has 1 aromatic carbocycles. The molecule has 0 aliphatic rings. The Kier molecular flexibility index (Phi) is 3.64. The lowest BCUT2D eigenvalue weighted by atomic mass is 10.2. The number of hydrogen-bond acceptors (Lipinski definition) is 3. The molecule has 0 aromatic heterocycles. The Labute approximate surface area is 80.8 Å². The van der Waals surface area contributed by atoms with Crippen molar-refractivity contribution in [3.05, 3.63) is 23.8 Å². The summed E-state index contributed by atoms with van der Waals surface area (Å²) in [6.07, 6.45) is -2.56. The Morgan fingerprint density at radius 2 is 2.21 bits per heavy atom. The van der Waals surface area contributed by atoms with Crippen LogP contribution in [-0.4, -0.2) is 6.61 Å². The highest BCUT2D eigenvalue weighted by molar-refractivity contribution is 5.50. The Morgan fingerprint density at radius 3 is 2.71 bits per heavy atom. The van der Waals surface area contributed by atoms with Crippen molar-refractivity contribution >= 4 is 5.69 Å². The highest BCUT2D eigenvalue weighted by Crippen LogP contribution is 2.31. The van der Waals surface area contributed by atoms with Crippen LogP contribution in [0.15, 0.2) is 18.2 Å². The van der Waals surface area contributed by atoms with E-state index in [9.17, 15) is 8.78 Å². The van der Waals surface area contributed by atoms with Crippen molar-refractivity contribution in [1.29, 1.82) is 0 Å². The third-order valence-corrected chi connectivity index (χ3v) is 1.71. The number of nitrogens with one attached hydrogen (secondary N) is 1. The Morgan fingerprint density at radius 1 is 1.50 bits per heavy atom. The summed E-state index contributed by atoms with van der Waals surface area (Å²) >= 11 is 0. The number of halogens is 2. The van der Waals surface area contributed by atoms with Crippen molar-refractivity contribution in [2.75, 3.05) is 12.0 Å². The fourth-order valence-corrected chi connectivity index (χ4v) is 1.10. The molecule has 0 bridgehead atoms. The van der Waals surface area contributed by atoms with Crippen LogP contribution in [0.3, 0.4) is 0 Å². The van der Waals surface area contributed by atoms with Gasteiger partial charge in [-0.15, -0.1) is 0 Å². The van der Waals surface area contributed by atoms with E-state index in [4.69, 9.17) is 10.6 Å². The van der Waals surface area contributed by atoms with Gasteiger partial charge in [-0.05, 0) is 25.1 Å². The zero-order valence-corrected chi connectivity index (χ0v) is 7.76. The fraction of sp³-hybridized carbons (Fsp3) is 0.333. The van der Waals surface area contributed by atoms with E-state index < -0.39 is 6.43 Å². The van der Waals surface area contributed by atoms with Gasteiger partial charge in [0, 0.05) is 5.69 Å². The molecule has 14 heavy (non-hydrogen) atoms. The minimum atomic E-state index is -2.56. The molecule has 0 saturated carbocycles. The lowest BCUT2D eigenvalue weighted by Crippen LogP contribution is -2.07. The summed E-state index contributed by atoms with van der Waals surface area (Å²) < 4.78 is 30.1. The van der Waals surface area contributed by atoms with Gasteiger partial charge in [0.05, 0.1) is 12.2 Å². The van der Waals surface area contributed by atoms with Gasteiger partial charge in [0.2, 0.25) is 0 Å². The smallest absolute Gasteiger partial charge is 0.267 e. The summed E-state index contributed by atoms with van der Waals surface area (Å²) in [5.74, 6) is 5.30. The third kappa shape index (κ3) is 2.32. The molecule has 0 heterocycles. The van der Waals surface area contributed by atoms with E-state index in [-0.39, 0.29) is 11.3 Å². The number of benzene rings is 1. The first kappa shape index (κ1) is 10.7. The summed E-state index contributed by atoms with van der Waals surface area (Å²) in [6, 6.07) is 4.33. The molecule has 0 atom stereocenters. The number of hydrogen-bond donors (Lipinski definition) is 2. The SMILES string of the molecule is CCOc1ccc(NN)cc1C(F)F. The average molecular weight is 202 g/mol. The minimum Gasteiger partial charge on any atom is -0.493 e. The van der Waals surface area contributed by atoms with Crippen LogP contribution in [0.1, 0.15) is 18.9 Å². The van der Waals surface area contributed by atoms with Gasteiger partial charge in [-0.3, -0.25) is 5.84 Å². The summed E-state index contributed by atoms with van der Waals surface area (Å²) in [7, 11) is 0. The van der Waals surface area contributed by atoms with Crippen LogP contribution in [-0.2, 0) is 0 Å². The van der Waals surface area contributed by atoms with Crippen LogP contribution < -0.4 is 16.0 Å². The number of anilines is 1. The first-order chi connectivity index (χ1) is 6.69. The van der Waals surface area contributed by atoms with Gasteiger partial charge in [0.25, 0.3) is 6.43 Å². The highest BCUT2D eigenvalue weighted by Gasteiger charge is 2.14. The van der Waals surface area contributed by atoms with E-state index in [0.29, 0.717) is 12.3 Å². The van der Waals surface area contributed by atoms with E-state index in [1.54, 1.807) is 13.0 Å². The Hall–Kier alpha value is -1.36. The lowest BCUT2D eigenvalue weighted by molar-refractivity contribution is 0.145. The molecule has 0 unspecified atom stereocenters. The van der Waals surface area contributed by atoms with Gasteiger partial charge >= 0.3 is 0 Å². The van der Waals surface area contributed by atoms with Crippen molar-refractivity contribution in [3.8, 4) is 5.75 Å². The average Bonchev–Trinajstić information content (AvgIpc) is 2.18. The van der Waals surface area contributed by atoms with E-state index in [2.05, 4.69) is 5.43 Å². The standard InChI is InChI=1S/C9H12F2N2O/c1-2-14-8-4-3-6(13-12)5-7(8)9(10)11/h3-5,9,13H,2,12H2,1H3. The Balaban J connectivity index is 3.03. The normalized spacial score (nSPS) is 10.4. The molecule has 3 nitrogen and oxygen atoms in total. The van der Waals surface area contributed by atoms with E-state index in [1.165, 1.54) is 12.1 Å². The molecule has 3 N–H and O–H groups in total. The second-order valence-electron chi connectivity index (χ2n) is 2.63. The molecule has 0 aliphatic heterocycles. The molecule has 0 amide bonds. The zero-order valence-electron chi connectivity index (χ0n) is 7.76. The van der Waals surface area contributed by atoms with Crippen molar-refractivity contribution in [2.45, 2.75) is 13.3 Å². The first-order valence-electron chi connectivity index (χ1n) is 4.20. The highest BCUT2D eigenvalue weighted by atomic mass is 19.3. The lowest BCUT2D eigenvalue weighted by Gasteiger charge is -2.10. The van der Waals surface area contributed by atoms with Gasteiger partial charge in [-0.25, -0.2) is 8.78 Å². The molecule has 0 saturated heterocycles. The topological polar surface area (TPSA) is 47.3 Å². The second-order valence-corrected chi connectivity index (χ2v) is 2.63. The molecule has 78 valence electrons. The molecular weight excluding hydrogens is 190 g/mol. The maximum absolute atomic E-state index is 12.5. The first-order valence-corrected chi connectivity index (χ1v) is 4.20.